The lowest BCUT2D eigenvalue weighted by Gasteiger charge is -2.13. The molecule has 2 aromatic rings. The van der Waals surface area contributed by atoms with E-state index in [1.165, 1.54) is 11.7 Å². The van der Waals surface area contributed by atoms with Gasteiger partial charge in [-0.05, 0) is 17.7 Å². The smallest absolute Gasteiger partial charge is 0.330 e. The van der Waals surface area contributed by atoms with Crippen molar-refractivity contribution in [3.05, 3.63) is 50.9 Å². The Morgan fingerprint density at radius 2 is 2.10 bits per heavy atom. The molecule has 0 aliphatic carbocycles. The molecule has 0 atom stereocenters. The first-order chi connectivity index (χ1) is 10.1. The van der Waals surface area contributed by atoms with Crippen molar-refractivity contribution < 1.29 is 4.74 Å². The number of nitrogen functional groups attached to an aromatic ring is 1. The van der Waals surface area contributed by atoms with Gasteiger partial charge in [-0.25, -0.2) is 4.79 Å². The third kappa shape index (κ3) is 3.48. The molecule has 0 aliphatic heterocycles. The molecule has 112 valence electrons. The molecular formula is C13H17N5O3. The average molecular weight is 291 g/mol. The van der Waals surface area contributed by atoms with Crippen LogP contribution in [0.1, 0.15) is 5.56 Å². The molecule has 4 N–H and O–H groups in total. The Morgan fingerprint density at radius 3 is 2.76 bits per heavy atom. The topological polar surface area (TPSA) is 115 Å². The molecule has 2 heterocycles. The standard InChI is InChI=1S/C13H17N5O3/c1-21-7-6-18-11(14)10(12(19)17-13(18)20)16-8-9-2-4-15-5-3-9/h2-5,16H,6-8,14H2,1H3,(H,17,19,20). The molecule has 21 heavy (non-hydrogen) atoms. The van der Waals surface area contributed by atoms with Gasteiger partial charge in [0, 0.05) is 26.0 Å². The minimum atomic E-state index is -0.552. The summed E-state index contributed by atoms with van der Waals surface area (Å²) in [5.41, 5.74) is 5.92. The fraction of sp³-hybridized carbons (Fsp3) is 0.308. The largest absolute Gasteiger partial charge is 0.383 e. The maximum absolute atomic E-state index is 11.9. The van der Waals surface area contributed by atoms with Crippen LogP contribution in [0, 0.1) is 0 Å². The SMILES string of the molecule is COCCn1c(N)c(NCc2ccncc2)c(=O)[nH]c1=O. The predicted octanol–water partition coefficient (Wildman–Crippen LogP) is -0.228. The van der Waals surface area contributed by atoms with Gasteiger partial charge in [0.05, 0.1) is 13.2 Å². The minimum absolute atomic E-state index is 0.0925. The summed E-state index contributed by atoms with van der Waals surface area (Å²) in [4.78, 5) is 29.7. The van der Waals surface area contributed by atoms with Crippen molar-refractivity contribution in [2.75, 3.05) is 24.8 Å². The lowest BCUT2D eigenvalue weighted by Crippen LogP contribution is -2.34. The van der Waals surface area contributed by atoms with Crippen molar-refractivity contribution in [1.29, 1.82) is 0 Å². The lowest BCUT2D eigenvalue weighted by molar-refractivity contribution is 0.186. The van der Waals surface area contributed by atoms with Crippen LogP contribution in [-0.2, 0) is 17.8 Å². The van der Waals surface area contributed by atoms with Crippen molar-refractivity contribution in [2.45, 2.75) is 13.1 Å². The van der Waals surface area contributed by atoms with Gasteiger partial charge < -0.3 is 15.8 Å². The molecule has 0 aliphatic rings. The first kappa shape index (κ1) is 14.8. The van der Waals surface area contributed by atoms with Gasteiger partial charge in [-0.1, -0.05) is 0 Å². The number of aromatic amines is 1. The highest BCUT2D eigenvalue weighted by Crippen LogP contribution is 2.11. The second-order valence-electron chi connectivity index (χ2n) is 4.37. The van der Waals surface area contributed by atoms with Gasteiger partial charge in [-0.2, -0.15) is 0 Å². The highest BCUT2D eigenvalue weighted by molar-refractivity contribution is 5.60. The molecule has 0 radical (unpaired) electrons. The molecule has 0 saturated heterocycles. The van der Waals surface area contributed by atoms with E-state index >= 15 is 0 Å². The van der Waals surface area contributed by atoms with Crippen molar-refractivity contribution in [3.63, 3.8) is 0 Å². The molecule has 2 aromatic heterocycles. The number of nitrogens with one attached hydrogen (secondary N) is 2. The Balaban J connectivity index is 2.26. The molecule has 8 heteroatoms. The van der Waals surface area contributed by atoms with E-state index in [9.17, 15) is 9.59 Å². The fourth-order valence-electron chi connectivity index (χ4n) is 1.85. The Labute approximate surface area is 120 Å². The van der Waals surface area contributed by atoms with Gasteiger partial charge in [0.2, 0.25) is 0 Å². The van der Waals surface area contributed by atoms with Crippen molar-refractivity contribution in [2.24, 2.45) is 0 Å². The number of nitrogens with zero attached hydrogens (tertiary/aromatic N) is 2. The van der Waals surface area contributed by atoms with Crippen molar-refractivity contribution in [1.82, 2.24) is 14.5 Å². The van der Waals surface area contributed by atoms with Crippen LogP contribution in [0.5, 0.6) is 0 Å². The van der Waals surface area contributed by atoms with E-state index in [-0.39, 0.29) is 18.1 Å². The number of ether oxygens (including phenoxy) is 1. The molecule has 0 aromatic carbocycles. The molecule has 8 nitrogen and oxygen atoms in total. The second kappa shape index (κ2) is 6.71. The normalized spacial score (nSPS) is 10.5. The summed E-state index contributed by atoms with van der Waals surface area (Å²) in [6.45, 7) is 0.986. The summed E-state index contributed by atoms with van der Waals surface area (Å²) < 4.78 is 6.18. The fourth-order valence-corrected chi connectivity index (χ4v) is 1.85. The van der Waals surface area contributed by atoms with Crippen LogP contribution < -0.4 is 22.3 Å². The highest BCUT2D eigenvalue weighted by atomic mass is 16.5. The van der Waals surface area contributed by atoms with E-state index in [2.05, 4.69) is 15.3 Å². The third-order valence-corrected chi connectivity index (χ3v) is 2.98. The summed E-state index contributed by atoms with van der Waals surface area (Å²) in [6, 6.07) is 3.64. The van der Waals surface area contributed by atoms with E-state index in [0.717, 1.165) is 5.56 Å². The van der Waals surface area contributed by atoms with Crippen LogP contribution in [0.4, 0.5) is 11.5 Å². The number of pyridine rings is 1. The Kier molecular flexibility index (Phi) is 4.72. The summed E-state index contributed by atoms with van der Waals surface area (Å²) in [5.74, 6) is 0.0925. The Bertz CT molecular complexity index is 708. The van der Waals surface area contributed by atoms with Crippen LogP contribution in [-0.4, -0.2) is 28.3 Å². The van der Waals surface area contributed by atoms with Gasteiger partial charge >= 0.3 is 5.69 Å². The number of anilines is 2. The van der Waals surface area contributed by atoms with E-state index in [1.807, 2.05) is 12.1 Å². The minimum Gasteiger partial charge on any atom is -0.383 e. The Hall–Kier alpha value is -2.61. The molecule has 0 saturated carbocycles. The van der Waals surface area contributed by atoms with Crippen LogP contribution >= 0.6 is 0 Å². The highest BCUT2D eigenvalue weighted by Gasteiger charge is 2.11. The second-order valence-corrected chi connectivity index (χ2v) is 4.37. The van der Waals surface area contributed by atoms with Crippen LogP contribution in [0.25, 0.3) is 0 Å². The van der Waals surface area contributed by atoms with Crippen LogP contribution in [0.2, 0.25) is 0 Å². The summed E-state index contributed by atoms with van der Waals surface area (Å²) >= 11 is 0. The number of rotatable bonds is 6. The number of hydrogen-bond donors (Lipinski definition) is 3. The summed E-state index contributed by atoms with van der Waals surface area (Å²) in [5, 5.41) is 2.94. The van der Waals surface area contributed by atoms with Crippen LogP contribution in [0.3, 0.4) is 0 Å². The number of aromatic nitrogens is 3. The zero-order valence-corrected chi connectivity index (χ0v) is 11.6. The number of methoxy groups -OCH3 is 1. The monoisotopic (exact) mass is 291 g/mol. The summed E-state index contributed by atoms with van der Waals surface area (Å²) in [7, 11) is 1.52. The Morgan fingerprint density at radius 1 is 1.38 bits per heavy atom. The number of hydrogen-bond acceptors (Lipinski definition) is 6. The maximum atomic E-state index is 11.9. The zero-order chi connectivity index (χ0) is 15.2. The van der Waals surface area contributed by atoms with Gasteiger partial charge in [-0.3, -0.25) is 19.3 Å². The third-order valence-electron chi connectivity index (χ3n) is 2.98. The average Bonchev–Trinajstić information content (AvgIpc) is 2.47. The summed E-state index contributed by atoms with van der Waals surface area (Å²) in [6.07, 6.45) is 3.31. The van der Waals surface area contributed by atoms with E-state index < -0.39 is 11.2 Å². The molecule has 2 rings (SSSR count). The molecule has 0 spiro atoms. The van der Waals surface area contributed by atoms with Gasteiger partial charge in [0.1, 0.15) is 11.5 Å². The van der Waals surface area contributed by atoms with E-state index in [0.29, 0.717) is 13.2 Å². The molecule has 0 unspecified atom stereocenters. The van der Waals surface area contributed by atoms with Crippen molar-refractivity contribution in [3.8, 4) is 0 Å². The lowest BCUT2D eigenvalue weighted by atomic mass is 10.2. The predicted molar refractivity (Wildman–Crippen MR) is 79.2 cm³/mol. The van der Waals surface area contributed by atoms with E-state index in [4.69, 9.17) is 10.5 Å². The van der Waals surface area contributed by atoms with Gasteiger partial charge in [0.15, 0.2) is 0 Å². The zero-order valence-electron chi connectivity index (χ0n) is 11.6. The number of nitrogens with two attached hydrogens (primary N) is 1. The first-order valence-electron chi connectivity index (χ1n) is 6.37. The maximum Gasteiger partial charge on any atom is 0.330 e. The van der Waals surface area contributed by atoms with Gasteiger partial charge in [-0.15, -0.1) is 0 Å². The quantitative estimate of drug-likeness (QED) is 0.677. The van der Waals surface area contributed by atoms with E-state index in [1.54, 1.807) is 12.4 Å². The molecule has 0 fully saturated rings. The molecule has 0 amide bonds. The number of H-pyrrole nitrogens is 1. The van der Waals surface area contributed by atoms with Crippen molar-refractivity contribution >= 4 is 11.5 Å². The molecular weight excluding hydrogens is 274 g/mol. The van der Waals surface area contributed by atoms with Gasteiger partial charge in [0.25, 0.3) is 5.56 Å². The van der Waals surface area contributed by atoms with Crippen LogP contribution in [0.15, 0.2) is 34.1 Å². The molecule has 0 bridgehead atoms. The first-order valence-corrected chi connectivity index (χ1v) is 6.37.